The Morgan fingerprint density at radius 1 is 1.15 bits per heavy atom. The first-order chi connectivity index (χ1) is 15.6. The fraction of sp³-hybridized carbons (Fsp3) is 0.375. The summed E-state index contributed by atoms with van der Waals surface area (Å²) < 4.78 is 29.4. The number of carboxylic acids is 1. The van der Waals surface area contributed by atoms with Crippen molar-refractivity contribution >= 4 is 29.5 Å². The van der Waals surface area contributed by atoms with Crippen LogP contribution in [-0.2, 0) is 15.5 Å². The molecule has 2 aliphatic rings. The number of thioether (sulfide) groups is 1. The fourth-order valence-electron chi connectivity index (χ4n) is 4.47. The van der Waals surface area contributed by atoms with Crippen molar-refractivity contribution in [1.29, 1.82) is 0 Å². The molecule has 1 heterocycles. The molecule has 0 aromatic heterocycles. The standard InChI is InChI=1S/C24H24F2N2O4S/c1-13(2)33-15-10-20(23(31)32)28(12-15)21(29)11-27-22(30)14-7-8-19-17(9-14)16-5-3-4-6-18(16)24(19,25)26/h3-9,13,15,20H,10-12H2,1-2H3,(H,27,30)(H,31,32)/t15-,20+/m1/s1. The predicted octanol–water partition coefficient (Wildman–Crippen LogP) is 3.73. The summed E-state index contributed by atoms with van der Waals surface area (Å²) >= 11 is 1.63. The number of likely N-dealkylation sites (tertiary alicyclic amines) is 1. The van der Waals surface area contributed by atoms with E-state index in [0.29, 0.717) is 23.8 Å². The Morgan fingerprint density at radius 2 is 1.85 bits per heavy atom. The number of halogens is 2. The monoisotopic (exact) mass is 474 g/mol. The lowest BCUT2D eigenvalue weighted by molar-refractivity contribution is -0.147. The SMILES string of the molecule is CC(C)S[C@@H]1C[C@@H](C(=O)O)N(C(=O)CNC(=O)c2ccc3c(c2)-c2ccccc2C3(F)F)C1. The van der Waals surface area contributed by atoms with Crippen LogP contribution in [0.2, 0.25) is 0 Å². The van der Waals surface area contributed by atoms with E-state index >= 15 is 0 Å². The number of carboxylic acid groups (broad SMARTS) is 1. The number of rotatable bonds is 6. The summed E-state index contributed by atoms with van der Waals surface area (Å²) in [4.78, 5) is 38.3. The number of amides is 2. The van der Waals surface area contributed by atoms with Gasteiger partial charge in [0.15, 0.2) is 0 Å². The van der Waals surface area contributed by atoms with Gasteiger partial charge in [-0.15, -0.1) is 0 Å². The van der Waals surface area contributed by atoms with E-state index in [1.165, 1.54) is 29.2 Å². The van der Waals surface area contributed by atoms with E-state index in [0.717, 1.165) is 0 Å². The van der Waals surface area contributed by atoms with Crippen LogP contribution in [0.3, 0.4) is 0 Å². The van der Waals surface area contributed by atoms with Gasteiger partial charge < -0.3 is 15.3 Å². The molecule has 6 nitrogen and oxygen atoms in total. The zero-order valence-corrected chi connectivity index (χ0v) is 19.0. The van der Waals surface area contributed by atoms with Gasteiger partial charge in [-0.25, -0.2) is 4.79 Å². The van der Waals surface area contributed by atoms with Crippen LogP contribution < -0.4 is 5.32 Å². The van der Waals surface area contributed by atoms with Crippen molar-refractivity contribution in [2.75, 3.05) is 13.1 Å². The second-order valence-electron chi connectivity index (χ2n) is 8.51. The molecule has 0 radical (unpaired) electrons. The number of alkyl halides is 2. The van der Waals surface area contributed by atoms with Gasteiger partial charge in [-0.1, -0.05) is 44.2 Å². The third kappa shape index (κ3) is 4.34. The minimum Gasteiger partial charge on any atom is -0.480 e. The van der Waals surface area contributed by atoms with Gasteiger partial charge in [-0.05, 0) is 34.9 Å². The first kappa shape index (κ1) is 23.2. The van der Waals surface area contributed by atoms with Crippen LogP contribution in [-0.4, -0.2) is 57.4 Å². The molecule has 1 fully saturated rings. The van der Waals surface area contributed by atoms with Gasteiger partial charge in [0, 0.05) is 28.5 Å². The highest BCUT2D eigenvalue weighted by atomic mass is 32.2. The number of carbonyl (C=O) groups is 3. The summed E-state index contributed by atoms with van der Waals surface area (Å²) in [5.74, 6) is -5.28. The Morgan fingerprint density at radius 3 is 2.55 bits per heavy atom. The molecule has 2 aromatic carbocycles. The van der Waals surface area contributed by atoms with Gasteiger partial charge in [0.05, 0.1) is 6.54 Å². The van der Waals surface area contributed by atoms with Crippen molar-refractivity contribution < 1.29 is 28.3 Å². The molecule has 0 spiro atoms. The Bertz CT molecular complexity index is 1120. The van der Waals surface area contributed by atoms with Crippen LogP contribution in [0.15, 0.2) is 42.5 Å². The summed E-state index contributed by atoms with van der Waals surface area (Å²) in [7, 11) is 0. The minimum atomic E-state index is -3.14. The number of fused-ring (bicyclic) bond motifs is 3. The Balaban J connectivity index is 1.46. The molecule has 1 saturated heterocycles. The van der Waals surface area contributed by atoms with E-state index in [-0.39, 0.29) is 34.0 Å². The van der Waals surface area contributed by atoms with Crippen LogP contribution in [0.4, 0.5) is 8.78 Å². The molecule has 2 atom stereocenters. The number of carbonyl (C=O) groups excluding carboxylic acids is 2. The summed E-state index contributed by atoms with van der Waals surface area (Å²) in [6, 6.07) is 9.19. The third-order valence-corrected chi connectivity index (χ3v) is 7.18. The van der Waals surface area contributed by atoms with Gasteiger partial charge in [-0.3, -0.25) is 9.59 Å². The molecule has 1 aliphatic heterocycles. The number of hydrogen-bond acceptors (Lipinski definition) is 4. The first-order valence-corrected chi connectivity index (χ1v) is 11.6. The van der Waals surface area contributed by atoms with Gasteiger partial charge in [0.2, 0.25) is 5.91 Å². The molecule has 0 unspecified atom stereocenters. The zero-order chi connectivity index (χ0) is 23.9. The van der Waals surface area contributed by atoms with Gasteiger partial charge in [0.1, 0.15) is 6.04 Å². The molecule has 0 bridgehead atoms. The maximum atomic E-state index is 14.7. The minimum absolute atomic E-state index is 0.0178. The maximum absolute atomic E-state index is 14.7. The highest BCUT2D eigenvalue weighted by Crippen LogP contribution is 2.50. The maximum Gasteiger partial charge on any atom is 0.326 e. The van der Waals surface area contributed by atoms with Gasteiger partial charge >= 0.3 is 5.97 Å². The highest BCUT2D eigenvalue weighted by Gasteiger charge is 2.44. The summed E-state index contributed by atoms with van der Waals surface area (Å²) in [6.07, 6.45) is 0.357. The van der Waals surface area contributed by atoms with E-state index in [9.17, 15) is 28.3 Å². The molecule has 2 N–H and O–H groups in total. The topological polar surface area (TPSA) is 86.7 Å². The Hall–Kier alpha value is -2.94. The molecule has 2 aromatic rings. The molecule has 1 aliphatic carbocycles. The van der Waals surface area contributed by atoms with E-state index in [1.54, 1.807) is 30.0 Å². The Kier molecular flexibility index (Phi) is 6.18. The molecule has 33 heavy (non-hydrogen) atoms. The van der Waals surface area contributed by atoms with Crippen molar-refractivity contribution in [2.24, 2.45) is 0 Å². The highest BCUT2D eigenvalue weighted by molar-refractivity contribution is 8.00. The third-order valence-electron chi connectivity index (χ3n) is 5.91. The quantitative estimate of drug-likeness (QED) is 0.666. The molecule has 4 rings (SSSR count). The van der Waals surface area contributed by atoms with E-state index in [1.807, 2.05) is 13.8 Å². The second-order valence-corrected chi connectivity index (χ2v) is 10.4. The van der Waals surface area contributed by atoms with Crippen molar-refractivity contribution in [1.82, 2.24) is 10.2 Å². The molecule has 0 saturated carbocycles. The van der Waals surface area contributed by atoms with Crippen molar-refractivity contribution in [3.63, 3.8) is 0 Å². The van der Waals surface area contributed by atoms with Crippen LogP contribution in [0, 0.1) is 0 Å². The second kappa shape index (κ2) is 8.78. The lowest BCUT2D eigenvalue weighted by Gasteiger charge is -2.21. The van der Waals surface area contributed by atoms with E-state index in [4.69, 9.17) is 0 Å². The van der Waals surface area contributed by atoms with Crippen molar-refractivity contribution in [3.8, 4) is 11.1 Å². The largest absolute Gasteiger partial charge is 0.480 e. The van der Waals surface area contributed by atoms with E-state index < -0.39 is 29.7 Å². The average molecular weight is 475 g/mol. The van der Waals surface area contributed by atoms with Crippen LogP contribution in [0.1, 0.15) is 41.8 Å². The first-order valence-electron chi connectivity index (χ1n) is 10.7. The lowest BCUT2D eigenvalue weighted by Crippen LogP contribution is -2.45. The normalized spacial score (nSPS) is 20.5. The molecule has 174 valence electrons. The number of nitrogens with one attached hydrogen (secondary N) is 1. The summed E-state index contributed by atoms with van der Waals surface area (Å²) in [5, 5.41) is 12.3. The Labute approximate surface area is 194 Å². The number of hydrogen-bond donors (Lipinski definition) is 2. The zero-order valence-electron chi connectivity index (χ0n) is 18.2. The van der Waals surface area contributed by atoms with Gasteiger partial charge in [-0.2, -0.15) is 20.5 Å². The van der Waals surface area contributed by atoms with Crippen LogP contribution in [0.5, 0.6) is 0 Å². The smallest absolute Gasteiger partial charge is 0.326 e. The molecular formula is C24H24F2N2O4S. The number of aliphatic carboxylic acids is 1. The molecular weight excluding hydrogens is 450 g/mol. The van der Waals surface area contributed by atoms with E-state index in [2.05, 4.69) is 5.32 Å². The number of nitrogens with zero attached hydrogens (tertiary/aromatic N) is 1. The molecule has 2 amide bonds. The van der Waals surface area contributed by atoms with Crippen LogP contribution >= 0.6 is 11.8 Å². The lowest BCUT2D eigenvalue weighted by atomic mass is 10.0. The number of benzene rings is 2. The predicted molar refractivity (Wildman–Crippen MR) is 121 cm³/mol. The van der Waals surface area contributed by atoms with Gasteiger partial charge in [0.25, 0.3) is 11.8 Å². The summed E-state index contributed by atoms with van der Waals surface area (Å²) in [5.41, 5.74) is 0.548. The van der Waals surface area contributed by atoms with Crippen molar-refractivity contribution in [3.05, 3.63) is 59.2 Å². The van der Waals surface area contributed by atoms with Crippen LogP contribution in [0.25, 0.3) is 11.1 Å². The average Bonchev–Trinajstić information content (AvgIpc) is 3.29. The molecule has 9 heteroatoms. The van der Waals surface area contributed by atoms with Crippen molar-refractivity contribution in [2.45, 2.75) is 42.7 Å². The fourth-order valence-corrected chi connectivity index (χ4v) is 5.78. The summed E-state index contributed by atoms with van der Waals surface area (Å²) in [6.45, 7) is 3.96.